The summed E-state index contributed by atoms with van der Waals surface area (Å²) >= 11 is 0. The van der Waals surface area contributed by atoms with Crippen LogP contribution in [0.1, 0.15) is 52.6 Å². The van der Waals surface area contributed by atoms with Crippen molar-refractivity contribution >= 4 is 5.97 Å². The third kappa shape index (κ3) is 3.50. The van der Waals surface area contributed by atoms with Crippen LogP contribution in [0.2, 0.25) is 0 Å². The van der Waals surface area contributed by atoms with Crippen LogP contribution in [0.4, 0.5) is 0 Å². The second kappa shape index (κ2) is 8.68. The third-order valence-corrected chi connectivity index (χ3v) is 6.15. The van der Waals surface area contributed by atoms with Gasteiger partial charge in [-0.1, -0.05) is 12.1 Å². The molecule has 2 aromatic heterocycles. The van der Waals surface area contributed by atoms with Crippen molar-refractivity contribution in [3.8, 4) is 17.6 Å². The van der Waals surface area contributed by atoms with Gasteiger partial charge in [-0.05, 0) is 31.0 Å². The number of imidazole rings is 1. The van der Waals surface area contributed by atoms with E-state index >= 15 is 0 Å². The number of nitrogens with two attached hydrogens (primary N) is 1. The normalized spacial score (nSPS) is 19.4. The van der Waals surface area contributed by atoms with Crippen molar-refractivity contribution in [1.82, 2.24) is 19.3 Å². The van der Waals surface area contributed by atoms with Gasteiger partial charge < -0.3 is 19.9 Å². The van der Waals surface area contributed by atoms with Gasteiger partial charge in [-0.2, -0.15) is 10.4 Å². The number of hydrogen-bond donors (Lipinski definition) is 1. The van der Waals surface area contributed by atoms with E-state index in [2.05, 4.69) is 11.1 Å². The fraction of sp³-hybridized carbons (Fsp3) is 0.333. The molecule has 0 spiro atoms. The molecule has 2 N–H and O–H groups in total. The van der Waals surface area contributed by atoms with Crippen molar-refractivity contribution in [2.75, 3.05) is 19.8 Å². The second-order valence-corrected chi connectivity index (χ2v) is 8.15. The molecular weight excluding hydrogens is 436 g/mol. The van der Waals surface area contributed by atoms with Crippen LogP contribution in [-0.2, 0) is 16.5 Å². The van der Waals surface area contributed by atoms with Gasteiger partial charge in [-0.25, -0.2) is 14.5 Å². The van der Waals surface area contributed by atoms with Crippen LogP contribution in [0, 0.1) is 11.3 Å². The molecule has 34 heavy (non-hydrogen) atoms. The first kappa shape index (κ1) is 21.7. The Balaban J connectivity index is 1.58. The van der Waals surface area contributed by atoms with Gasteiger partial charge in [0.15, 0.2) is 0 Å². The van der Waals surface area contributed by atoms with Gasteiger partial charge >= 0.3 is 5.97 Å². The highest BCUT2D eigenvalue weighted by Crippen LogP contribution is 2.46. The highest BCUT2D eigenvalue weighted by molar-refractivity contribution is 5.86. The van der Waals surface area contributed by atoms with Crippen LogP contribution in [0.15, 0.2) is 48.1 Å². The Bertz CT molecular complexity index is 1310. The van der Waals surface area contributed by atoms with Crippen LogP contribution in [0.5, 0.6) is 5.88 Å². The number of hydrogen-bond acceptors (Lipinski definition) is 8. The Morgan fingerprint density at radius 3 is 2.82 bits per heavy atom. The zero-order valence-corrected chi connectivity index (χ0v) is 18.9. The molecule has 5 rings (SSSR count). The van der Waals surface area contributed by atoms with Gasteiger partial charge in [-0.15, -0.1) is 0 Å². The van der Waals surface area contributed by atoms with Gasteiger partial charge in [0.2, 0.25) is 17.6 Å². The third-order valence-electron chi connectivity index (χ3n) is 6.15. The van der Waals surface area contributed by atoms with E-state index < -0.39 is 11.9 Å². The monoisotopic (exact) mass is 460 g/mol. The van der Waals surface area contributed by atoms with Crippen molar-refractivity contribution in [3.05, 3.63) is 70.8 Å². The molecule has 3 aromatic rings. The number of nitrogens with zero attached hydrogens (tertiary/aromatic N) is 5. The van der Waals surface area contributed by atoms with Crippen molar-refractivity contribution in [2.45, 2.75) is 25.2 Å². The zero-order chi connectivity index (χ0) is 23.8. The summed E-state index contributed by atoms with van der Waals surface area (Å²) in [6, 6.07) is 9.80. The van der Waals surface area contributed by atoms with Gasteiger partial charge in [0.1, 0.15) is 11.6 Å². The number of carbonyl (C=O) groups excluding carboxylic acids is 1. The number of aryl methyl sites for hydroxylation is 1. The molecule has 4 heterocycles. The summed E-state index contributed by atoms with van der Waals surface area (Å²) in [4.78, 5) is 16.4. The van der Waals surface area contributed by atoms with Crippen LogP contribution >= 0.6 is 0 Å². The summed E-state index contributed by atoms with van der Waals surface area (Å²) < 4.78 is 19.9. The van der Waals surface area contributed by atoms with E-state index in [4.69, 9.17) is 25.0 Å². The Labute approximate surface area is 196 Å². The topological polar surface area (TPSA) is 130 Å². The first-order valence-electron chi connectivity index (χ1n) is 11.1. The fourth-order valence-electron chi connectivity index (χ4n) is 4.57. The Hall–Kier alpha value is -4.10. The SMILES string of the molecule is CCOC(=O)c1nccn1-c1ccc(C2C(C#N)=C(N)Oc3c2c(C2CCOC2)nn3C)cc1. The van der Waals surface area contributed by atoms with Crippen molar-refractivity contribution in [1.29, 1.82) is 5.26 Å². The average molecular weight is 460 g/mol. The van der Waals surface area contributed by atoms with E-state index in [1.807, 2.05) is 24.3 Å². The summed E-state index contributed by atoms with van der Waals surface area (Å²) in [5.74, 6) is -0.00299. The lowest BCUT2D eigenvalue weighted by molar-refractivity contribution is 0.0510. The molecule has 0 bridgehead atoms. The van der Waals surface area contributed by atoms with Crippen LogP contribution in [-0.4, -0.2) is 45.1 Å². The number of esters is 1. The average Bonchev–Trinajstić information content (AvgIpc) is 3.59. The quantitative estimate of drug-likeness (QED) is 0.575. The van der Waals surface area contributed by atoms with Crippen molar-refractivity contribution in [3.63, 3.8) is 0 Å². The number of rotatable bonds is 5. The molecule has 0 amide bonds. The minimum atomic E-state index is -0.494. The van der Waals surface area contributed by atoms with Gasteiger partial charge in [-0.3, -0.25) is 4.57 Å². The smallest absolute Gasteiger partial charge is 0.374 e. The first-order valence-corrected chi connectivity index (χ1v) is 11.1. The minimum absolute atomic E-state index is 0.0699. The standard InChI is InChI=1S/C24H24N6O4/c1-3-33-24(31)22-27-9-10-30(22)16-6-4-14(5-7-16)18-17(12-25)21(26)34-23-19(18)20(28-29(23)2)15-8-11-32-13-15/h4-7,9-10,15,18H,3,8,11,13,26H2,1-2H3. The van der Waals surface area contributed by atoms with Crippen molar-refractivity contribution in [2.24, 2.45) is 12.8 Å². The lowest BCUT2D eigenvalue weighted by atomic mass is 9.82. The minimum Gasteiger partial charge on any atom is -0.460 e. The summed E-state index contributed by atoms with van der Waals surface area (Å²) in [5.41, 5.74) is 9.80. The fourth-order valence-corrected chi connectivity index (χ4v) is 4.57. The predicted octanol–water partition coefficient (Wildman–Crippen LogP) is 2.50. The molecule has 1 fully saturated rings. The molecule has 10 nitrogen and oxygen atoms in total. The number of fused-ring (bicyclic) bond motifs is 1. The van der Waals surface area contributed by atoms with Crippen LogP contribution < -0.4 is 10.5 Å². The summed E-state index contributed by atoms with van der Waals surface area (Å²) in [6.45, 7) is 3.26. The molecule has 0 radical (unpaired) electrons. The van der Waals surface area contributed by atoms with E-state index in [9.17, 15) is 10.1 Å². The zero-order valence-electron chi connectivity index (χ0n) is 18.9. The maximum atomic E-state index is 12.2. The lowest BCUT2D eigenvalue weighted by Gasteiger charge is -2.25. The Kier molecular flexibility index (Phi) is 5.55. The van der Waals surface area contributed by atoms with Crippen LogP contribution in [0.3, 0.4) is 0 Å². The molecule has 2 aliphatic rings. The maximum Gasteiger partial charge on any atom is 0.374 e. The van der Waals surface area contributed by atoms with Gasteiger partial charge in [0.05, 0.1) is 30.4 Å². The number of nitriles is 1. The highest BCUT2D eigenvalue weighted by atomic mass is 16.5. The molecular formula is C24H24N6O4. The summed E-state index contributed by atoms with van der Waals surface area (Å²) in [5, 5.41) is 14.7. The predicted molar refractivity (Wildman–Crippen MR) is 120 cm³/mol. The largest absolute Gasteiger partial charge is 0.460 e. The molecule has 1 saturated heterocycles. The van der Waals surface area contributed by atoms with E-state index in [-0.39, 0.29) is 24.2 Å². The maximum absolute atomic E-state index is 12.2. The van der Waals surface area contributed by atoms with Gasteiger partial charge in [0, 0.05) is 37.7 Å². The summed E-state index contributed by atoms with van der Waals surface area (Å²) in [6.07, 6.45) is 4.10. The van der Waals surface area contributed by atoms with E-state index in [1.54, 1.807) is 35.6 Å². The Morgan fingerprint density at radius 2 is 2.15 bits per heavy atom. The second-order valence-electron chi connectivity index (χ2n) is 8.15. The molecule has 0 saturated carbocycles. The van der Waals surface area contributed by atoms with E-state index in [0.717, 1.165) is 28.9 Å². The number of carbonyl (C=O) groups is 1. The molecule has 10 heteroatoms. The van der Waals surface area contributed by atoms with Crippen molar-refractivity contribution < 1.29 is 19.0 Å². The number of ether oxygens (including phenoxy) is 3. The number of benzene rings is 1. The Morgan fingerprint density at radius 1 is 1.35 bits per heavy atom. The molecule has 1 aromatic carbocycles. The number of allylic oxidation sites excluding steroid dienone is 1. The van der Waals surface area contributed by atoms with Gasteiger partial charge in [0.25, 0.3) is 0 Å². The van der Waals surface area contributed by atoms with E-state index in [0.29, 0.717) is 24.7 Å². The van der Waals surface area contributed by atoms with Crippen LogP contribution in [0.25, 0.3) is 5.69 Å². The molecule has 2 unspecified atom stereocenters. The lowest BCUT2D eigenvalue weighted by Crippen LogP contribution is -2.22. The molecule has 2 aliphatic heterocycles. The van der Waals surface area contributed by atoms with E-state index in [1.165, 1.54) is 0 Å². The molecule has 2 atom stereocenters. The first-order chi connectivity index (χ1) is 16.5. The summed E-state index contributed by atoms with van der Waals surface area (Å²) in [7, 11) is 1.80. The highest BCUT2D eigenvalue weighted by Gasteiger charge is 2.39. The molecule has 174 valence electrons. The molecule has 0 aliphatic carbocycles. The number of aromatic nitrogens is 4.